The summed E-state index contributed by atoms with van der Waals surface area (Å²) in [5, 5.41) is 3.53. The molecule has 0 spiro atoms. The molecule has 1 fully saturated rings. The van der Waals surface area contributed by atoms with Crippen LogP contribution in [-0.2, 0) is 18.3 Å². The number of nitrogens with zero attached hydrogens (tertiary/aromatic N) is 3. The van der Waals surface area contributed by atoms with Crippen LogP contribution >= 0.6 is 0 Å². The second-order valence-corrected chi connectivity index (χ2v) is 4.69. The van der Waals surface area contributed by atoms with Gasteiger partial charge in [0.2, 0.25) is 0 Å². The Kier molecular flexibility index (Phi) is 4.53. The van der Waals surface area contributed by atoms with E-state index in [1.54, 1.807) is 0 Å². The standard InChI is InChI=1S/C12H22N4O/c1-11(9-16-3-5-17-6-4-16)14-8-12-7-13-10-15(12)2/h7,10-11,14H,3-6,8-9H2,1-2H3. The molecule has 1 atom stereocenters. The number of aryl methyl sites for hydroxylation is 1. The summed E-state index contributed by atoms with van der Waals surface area (Å²) in [6.45, 7) is 8.04. The van der Waals surface area contributed by atoms with Crippen LogP contribution in [0.4, 0.5) is 0 Å². The van der Waals surface area contributed by atoms with Crippen molar-refractivity contribution in [1.82, 2.24) is 19.8 Å². The third-order valence-corrected chi connectivity index (χ3v) is 3.18. The molecule has 96 valence electrons. The average Bonchev–Trinajstić information content (AvgIpc) is 2.74. The lowest BCUT2D eigenvalue weighted by Crippen LogP contribution is -2.44. The molecule has 0 amide bonds. The molecule has 0 saturated carbocycles. The zero-order valence-corrected chi connectivity index (χ0v) is 10.7. The zero-order valence-electron chi connectivity index (χ0n) is 10.7. The van der Waals surface area contributed by atoms with Crippen LogP contribution in [-0.4, -0.2) is 53.3 Å². The van der Waals surface area contributed by atoms with Crippen molar-refractivity contribution in [3.05, 3.63) is 18.2 Å². The number of aromatic nitrogens is 2. The number of imidazole rings is 1. The molecule has 1 aliphatic rings. The van der Waals surface area contributed by atoms with E-state index in [1.807, 2.05) is 19.6 Å². The molecule has 2 heterocycles. The summed E-state index contributed by atoms with van der Waals surface area (Å²) >= 11 is 0. The van der Waals surface area contributed by atoms with E-state index in [1.165, 1.54) is 5.69 Å². The van der Waals surface area contributed by atoms with E-state index < -0.39 is 0 Å². The van der Waals surface area contributed by atoms with E-state index in [0.717, 1.165) is 39.4 Å². The van der Waals surface area contributed by atoms with Gasteiger partial charge in [0.1, 0.15) is 0 Å². The fraction of sp³-hybridized carbons (Fsp3) is 0.750. The van der Waals surface area contributed by atoms with E-state index in [-0.39, 0.29) is 0 Å². The number of hydrogen-bond donors (Lipinski definition) is 1. The zero-order chi connectivity index (χ0) is 12.1. The predicted octanol–water partition coefficient (Wildman–Crippen LogP) is 0.230. The van der Waals surface area contributed by atoms with Crippen LogP contribution in [0.3, 0.4) is 0 Å². The fourth-order valence-corrected chi connectivity index (χ4v) is 2.07. The second-order valence-electron chi connectivity index (χ2n) is 4.69. The van der Waals surface area contributed by atoms with Gasteiger partial charge in [-0.15, -0.1) is 0 Å². The number of hydrogen-bond acceptors (Lipinski definition) is 4. The van der Waals surface area contributed by atoms with Crippen LogP contribution < -0.4 is 5.32 Å². The van der Waals surface area contributed by atoms with Crippen molar-refractivity contribution in [2.24, 2.45) is 7.05 Å². The fourth-order valence-electron chi connectivity index (χ4n) is 2.07. The number of morpholine rings is 1. The first-order valence-electron chi connectivity index (χ1n) is 6.24. The van der Waals surface area contributed by atoms with Gasteiger partial charge in [-0.05, 0) is 6.92 Å². The van der Waals surface area contributed by atoms with Gasteiger partial charge in [0.05, 0.1) is 25.2 Å². The molecule has 0 aromatic carbocycles. The molecule has 1 saturated heterocycles. The van der Waals surface area contributed by atoms with Crippen LogP contribution in [0.5, 0.6) is 0 Å². The number of ether oxygens (including phenoxy) is 1. The van der Waals surface area contributed by atoms with E-state index >= 15 is 0 Å². The smallest absolute Gasteiger partial charge is 0.0945 e. The Morgan fingerprint density at radius 3 is 2.88 bits per heavy atom. The van der Waals surface area contributed by atoms with Gasteiger partial charge in [-0.3, -0.25) is 4.90 Å². The molecule has 1 aliphatic heterocycles. The minimum absolute atomic E-state index is 0.489. The largest absolute Gasteiger partial charge is 0.379 e. The van der Waals surface area contributed by atoms with Crippen molar-refractivity contribution >= 4 is 0 Å². The molecule has 5 nitrogen and oxygen atoms in total. The van der Waals surface area contributed by atoms with Gasteiger partial charge in [-0.1, -0.05) is 0 Å². The lowest BCUT2D eigenvalue weighted by molar-refractivity contribution is 0.0343. The lowest BCUT2D eigenvalue weighted by atomic mass is 10.2. The van der Waals surface area contributed by atoms with Crippen molar-refractivity contribution in [3.8, 4) is 0 Å². The Morgan fingerprint density at radius 2 is 2.24 bits per heavy atom. The van der Waals surface area contributed by atoms with Crippen molar-refractivity contribution in [3.63, 3.8) is 0 Å². The molecule has 5 heteroatoms. The van der Waals surface area contributed by atoms with E-state index in [4.69, 9.17) is 4.74 Å². The van der Waals surface area contributed by atoms with Crippen LogP contribution in [0.1, 0.15) is 12.6 Å². The molecule has 1 N–H and O–H groups in total. The molecule has 1 aromatic heterocycles. The van der Waals surface area contributed by atoms with Gasteiger partial charge < -0.3 is 14.6 Å². The Bertz CT molecular complexity index is 333. The van der Waals surface area contributed by atoms with E-state index in [2.05, 4.69) is 26.7 Å². The summed E-state index contributed by atoms with van der Waals surface area (Å²) in [4.78, 5) is 6.56. The Labute approximate surface area is 103 Å². The third kappa shape index (κ3) is 3.80. The van der Waals surface area contributed by atoms with Crippen LogP contribution in [0.2, 0.25) is 0 Å². The third-order valence-electron chi connectivity index (χ3n) is 3.18. The maximum Gasteiger partial charge on any atom is 0.0945 e. The summed E-state index contributed by atoms with van der Waals surface area (Å²) in [6, 6.07) is 0.489. The number of rotatable bonds is 5. The van der Waals surface area contributed by atoms with Gasteiger partial charge in [0.15, 0.2) is 0 Å². The van der Waals surface area contributed by atoms with Crippen molar-refractivity contribution in [2.75, 3.05) is 32.8 Å². The highest BCUT2D eigenvalue weighted by molar-refractivity contribution is 4.97. The summed E-state index contributed by atoms with van der Waals surface area (Å²) in [7, 11) is 2.02. The first kappa shape index (κ1) is 12.5. The van der Waals surface area contributed by atoms with Crippen molar-refractivity contribution < 1.29 is 4.74 Å². The Hall–Kier alpha value is -0.910. The second kappa shape index (κ2) is 6.14. The highest BCUT2D eigenvalue weighted by Crippen LogP contribution is 2.00. The summed E-state index contributed by atoms with van der Waals surface area (Å²) in [6.07, 6.45) is 3.75. The molecular formula is C12H22N4O. The van der Waals surface area contributed by atoms with Gasteiger partial charge in [0, 0.05) is 45.5 Å². The highest BCUT2D eigenvalue weighted by Gasteiger charge is 2.13. The maximum atomic E-state index is 5.34. The quantitative estimate of drug-likeness (QED) is 0.797. The predicted molar refractivity (Wildman–Crippen MR) is 66.8 cm³/mol. The molecule has 17 heavy (non-hydrogen) atoms. The van der Waals surface area contributed by atoms with Gasteiger partial charge >= 0.3 is 0 Å². The Balaban J connectivity index is 1.70. The normalized spacial score (nSPS) is 19.4. The van der Waals surface area contributed by atoms with Crippen LogP contribution in [0, 0.1) is 0 Å². The number of nitrogens with one attached hydrogen (secondary N) is 1. The molecule has 0 bridgehead atoms. The molecule has 2 rings (SSSR count). The summed E-state index contributed by atoms with van der Waals surface area (Å²) < 4.78 is 7.39. The summed E-state index contributed by atoms with van der Waals surface area (Å²) in [5.41, 5.74) is 1.22. The lowest BCUT2D eigenvalue weighted by Gasteiger charge is -2.29. The molecule has 1 aromatic rings. The van der Waals surface area contributed by atoms with Crippen LogP contribution in [0.25, 0.3) is 0 Å². The minimum atomic E-state index is 0.489. The average molecular weight is 238 g/mol. The molecular weight excluding hydrogens is 216 g/mol. The monoisotopic (exact) mass is 238 g/mol. The van der Waals surface area contributed by atoms with E-state index in [0.29, 0.717) is 6.04 Å². The highest BCUT2D eigenvalue weighted by atomic mass is 16.5. The molecule has 0 aliphatic carbocycles. The topological polar surface area (TPSA) is 42.3 Å². The van der Waals surface area contributed by atoms with Crippen molar-refractivity contribution in [2.45, 2.75) is 19.5 Å². The van der Waals surface area contributed by atoms with Gasteiger partial charge in [0.25, 0.3) is 0 Å². The first-order chi connectivity index (χ1) is 8.25. The summed E-state index contributed by atoms with van der Waals surface area (Å²) in [5.74, 6) is 0. The maximum absolute atomic E-state index is 5.34. The van der Waals surface area contributed by atoms with Gasteiger partial charge in [-0.25, -0.2) is 4.98 Å². The van der Waals surface area contributed by atoms with E-state index in [9.17, 15) is 0 Å². The first-order valence-corrected chi connectivity index (χ1v) is 6.24. The van der Waals surface area contributed by atoms with Crippen LogP contribution in [0.15, 0.2) is 12.5 Å². The molecule has 0 radical (unpaired) electrons. The van der Waals surface area contributed by atoms with Gasteiger partial charge in [-0.2, -0.15) is 0 Å². The SMILES string of the molecule is CC(CN1CCOCC1)NCc1cncn1C. The minimum Gasteiger partial charge on any atom is -0.379 e. The van der Waals surface area contributed by atoms with Crippen molar-refractivity contribution in [1.29, 1.82) is 0 Å². The molecule has 1 unspecified atom stereocenters. The Morgan fingerprint density at radius 1 is 1.47 bits per heavy atom.